The van der Waals surface area contributed by atoms with E-state index >= 15 is 0 Å². The van der Waals surface area contributed by atoms with Gasteiger partial charge in [-0.25, -0.2) is 4.98 Å². The molecule has 2 aromatic rings. The molecule has 1 aliphatic rings. The van der Waals surface area contributed by atoms with Gasteiger partial charge in [-0.15, -0.1) is 0 Å². The molecule has 0 spiro atoms. The van der Waals surface area contributed by atoms with Gasteiger partial charge in [-0.3, -0.25) is 4.79 Å². The van der Waals surface area contributed by atoms with E-state index in [1.165, 1.54) is 0 Å². The standard InChI is InChI=1S/C15H14Cl2N2O/c16-10-6-5-9(12(17)8-10)7-14-18-13-4-2-1-3-11(13)15(20)19-14/h5-6,8H,1-4,7H2,(H,18,19,20). The molecule has 0 saturated carbocycles. The van der Waals surface area contributed by atoms with Gasteiger partial charge in [-0.05, 0) is 43.4 Å². The fraction of sp³-hybridized carbons (Fsp3) is 0.333. The molecule has 0 bridgehead atoms. The van der Waals surface area contributed by atoms with E-state index in [0.717, 1.165) is 42.5 Å². The Bertz CT molecular complexity index is 710. The Kier molecular flexibility index (Phi) is 3.81. The minimum absolute atomic E-state index is 0.00483. The maximum absolute atomic E-state index is 12.1. The zero-order valence-electron chi connectivity index (χ0n) is 10.9. The van der Waals surface area contributed by atoms with Gasteiger partial charge in [0, 0.05) is 22.0 Å². The second-order valence-electron chi connectivity index (χ2n) is 5.06. The van der Waals surface area contributed by atoms with Crippen molar-refractivity contribution >= 4 is 23.2 Å². The van der Waals surface area contributed by atoms with Crippen molar-refractivity contribution in [1.82, 2.24) is 9.97 Å². The van der Waals surface area contributed by atoms with E-state index in [-0.39, 0.29) is 5.56 Å². The summed E-state index contributed by atoms with van der Waals surface area (Å²) in [5, 5.41) is 1.20. The number of aromatic nitrogens is 2. The summed E-state index contributed by atoms with van der Waals surface area (Å²) in [5.41, 5.74) is 2.70. The van der Waals surface area contributed by atoms with E-state index in [9.17, 15) is 4.79 Å². The van der Waals surface area contributed by atoms with Crippen LogP contribution in [-0.2, 0) is 19.3 Å². The average molecular weight is 309 g/mol. The number of fused-ring (bicyclic) bond motifs is 1. The van der Waals surface area contributed by atoms with Gasteiger partial charge in [-0.2, -0.15) is 0 Å². The van der Waals surface area contributed by atoms with Crippen molar-refractivity contribution < 1.29 is 0 Å². The van der Waals surface area contributed by atoms with E-state index in [4.69, 9.17) is 23.2 Å². The first-order chi connectivity index (χ1) is 9.63. The highest BCUT2D eigenvalue weighted by Gasteiger charge is 2.16. The molecule has 1 aliphatic carbocycles. The lowest BCUT2D eigenvalue weighted by Crippen LogP contribution is -2.23. The van der Waals surface area contributed by atoms with Gasteiger partial charge in [0.1, 0.15) is 5.82 Å². The van der Waals surface area contributed by atoms with Crippen molar-refractivity contribution in [2.24, 2.45) is 0 Å². The van der Waals surface area contributed by atoms with Crippen LogP contribution in [0.4, 0.5) is 0 Å². The topological polar surface area (TPSA) is 45.8 Å². The molecule has 0 fully saturated rings. The Balaban J connectivity index is 1.95. The number of rotatable bonds is 2. The maximum atomic E-state index is 12.1. The van der Waals surface area contributed by atoms with Gasteiger partial charge in [-0.1, -0.05) is 29.3 Å². The summed E-state index contributed by atoms with van der Waals surface area (Å²) in [4.78, 5) is 19.5. The molecule has 1 aromatic heterocycles. The van der Waals surface area contributed by atoms with Gasteiger partial charge in [0.05, 0.1) is 5.69 Å². The van der Waals surface area contributed by atoms with Crippen molar-refractivity contribution in [3.8, 4) is 0 Å². The zero-order chi connectivity index (χ0) is 14.1. The summed E-state index contributed by atoms with van der Waals surface area (Å²) in [6.45, 7) is 0. The highest BCUT2D eigenvalue weighted by molar-refractivity contribution is 6.35. The van der Waals surface area contributed by atoms with Crippen LogP contribution in [0.2, 0.25) is 10.0 Å². The summed E-state index contributed by atoms with van der Waals surface area (Å²) in [6, 6.07) is 5.36. The molecule has 3 rings (SSSR count). The van der Waals surface area contributed by atoms with E-state index in [1.807, 2.05) is 6.07 Å². The van der Waals surface area contributed by atoms with Crippen LogP contribution < -0.4 is 5.56 Å². The summed E-state index contributed by atoms with van der Waals surface area (Å²) in [7, 11) is 0. The highest BCUT2D eigenvalue weighted by Crippen LogP contribution is 2.23. The smallest absolute Gasteiger partial charge is 0.254 e. The van der Waals surface area contributed by atoms with Crippen LogP contribution in [0, 0.1) is 0 Å². The molecule has 5 heteroatoms. The van der Waals surface area contributed by atoms with E-state index in [1.54, 1.807) is 12.1 Å². The first-order valence-electron chi connectivity index (χ1n) is 6.68. The Labute approximate surface area is 127 Å². The predicted octanol–water partition coefficient (Wildman–Crippen LogP) is 3.55. The van der Waals surface area contributed by atoms with Gasteiger partial charge in [0.15, 0.2) is 0 Å². The van der Waals surface area contributed by atoms with E-state index < -0.39 is 0 Å². The number of aromatic amines is 1. The lowest BCUT2D eigenvalue weighted by Gasteiger charge is -2.14. The van der Waals surface area contributed by atoms with Crippen molar-refractivity contribution in [1.29, 1.82) is 0 Å². The molecule has 1 heterocycles. The Morgan fingerprint density at radius 1 is 1.20 bits per heavy atom. The molecule has 20 heavy (non-hydrogen) atoms. The molecule has 0 saturated heterocycles. The third-order valence-electron chi connectivity index (χ3n) is 3.61. The van der Waals surface area contributed by atoms with E-state index in [2.05, 4.69) is 9.97 Å². The summed E-state index contributed by atoms with van der Waals surface area (Å²) in [5.74, 6) is 0.667. The molecule has 0 amide bonds. The number of aryl methyl sites for hydroxylation is 1. The fourth-order valence-corrected chi connectivity index (χ4v) is 3.06. The van der Waals surface area contributed by atoms with Crippen molar-refractivity contribution in [3.05, 3.63) is 61.2 Å². The summed E-state index contributed by atoms with van der Waals surface area (Å²) in [6.07, 6.45) is 4.41. The summed E-state index contributed by atoms with van der Waals surface area (Å²) < 4.78 is 0. The third-order valence-corrected chi connectivity index (χ3v) is 4.20. The quantitative estimate of drug-likeness (QED) is 0.922. The molecule has 1 aromatic carbocycles. The van der Waals surface area contributed by atoms with Crippen molar-refractivity contribution in [2.75, 3.05) is 0 Å². The first kappa shape index (κ1) is 13.7. The largest absolute Gasteiger partial charge is 0.310 e. The molecule has 0 unspecified atom stereocenters. The lowest BCUT2D eigenvalue weighted by molar-refractivity contribution is 0.648. The molecular weight excluding hydrogens is 295 g/mol. The predicted molar refractivity (Wildman–Crippen MR) is 80.8 cm³/mol. The van der Waals surface area contributed by atoms with Gasteiger partial charge in [0.2, 0.25) is 0 Å². The molecule has 3 nitrogen and oxygen atoms in total. The zero-order valence-corrected chi connectivity index (χ0v) is 12.4. The molecule has 1 N–H and O–H groups in total. The number of benzene rings is 1. The SMILES string of the molecule is O=c1[nH]c(Cc2ccc(Cl)cc2Cl)nc2c1CCCC2. The monoisotopic (exact) mass is 308 g/mol. The molecule has 104 valence electrons. The van der Waals surface area contributed by atoms with Crippen molar-refractivity contribution in [3.63, 3.8) is 0 Å². The first-order valence-corrected chi connectivity index (χ1v) is 7.44. The maximum Gasteiger partial charge on any atom is 0.254 e. The third kappa shape index (κ3) is 2.74. The van der Waals surface area contributed by atoms with Crippen LogP contribution in [-0.4, -0.2) is 9.97 Å². The van der Waals surface area contributed by atoms with Crippen LogP contribution in [0.5, 0.6) is 0 Å². The van der Waals surface area contributed by atoms with Gasteiger partial charge in [0.25, 0.3) is 5.56 Å². The van der Waals surface area contributed by atoms with Gasteiger partial charge >= 0.3 is 0 Å². The lowest BCUT2D eigenvalue weighted by atomic mass is 9.97. The number of halogens is 2. The van der Waals surface area contributed by atoms with Gasteiger partial charge < -0.3 is 4.98 Å². The normalized spacial score (nSPS) is 14.1. The molecule has 0 atom stereocenters. The van der Waals surface area contributed by atoms with Crippen LogP contribution in [0.3, 0.4) is 0 Å². The van der Waals surface area contributed by atoms with Crippen LogP contribution in [0.25, 0.3) is 0 Å². The number of nitrogens with zero attached hydrogens (tertiary/aromatic N) is 1. The number of hydrogen-bond acceptors (Lipinski definition) is 2. The van der Waals surface area contributed by atoms with Crippen LogP contribution >= 0.6 is 23.2 Å². The second-order valence-corrected chi connectivity index (χ2v) is 5.90. The molecule has 0 radical (unpaired) electrons. The second kappa shape index (κ2) is 5.58. The summed E-state index contributed by atoms with van der Waals surface area (Å²) >= 11 is 12.0. The molecular formula is C15H14Cl2N2O. The minimum atomic E-state index is -0.00483. The molecule has 0 aliphatic heterocycles. The Morgan fingerprint density at radius 3 is 2.80 bits per heavy atom. The Hall–Kier alpha value is -1.32. The van der Waals surface area contributed by atoms with Crippen LogP contribution in [0.1, 0.15) is 35.5 Å². The average Bonchev–Trinajstić information content (AvgIpc) is 2.42. The number of hydrogen-bond donors (Lipinski definition) is 1. The Morgan fingerprint density at radius 2 is 2.00 bits per heavy atom. The number of H-pyrrole nitrogens is 1. The highest BCUT2D eigenvalue weighted by atomic mass is 35.5. The fourth-order valence-electron chi connectivity index (χ4n) is 2.58. The van der Waals surface area contributed by atoms with Crippen LogP contribution in [0.15, 0.2) is 23.0 Å². The number of nitrogens with one attached hydrogen (secondary N) is 1. The van der Waals surface area contributed by atoms with E-state index in [0.29, 0.717) is 22.3 Å². The van der Waals surface area contributed by atoms with Crippen molar-refractivity contribution in [2.45, 2.75) is 32.1 Å². The minimum Gasteiger partial charge on any atom is -0.310 e.